The van der Waals surface area contributed by atoms with Crippen molar-refractivity contribution in [2.45, 2.75) is 30.5 Å². The molecule has 22 heavy (non-hydrogen) atoms. The Kier molecular flexibility index (Phi) is 6.41. The first-order chi connectivity index (χ1) is 9.93. The highest BCUT2D eigenvalue weighted by Gasteiger charge is 2.55. The number of hydrogen-bond donors (Lipinski definition) is 2. The Labute approximate surface area is 146 Å². The lowest BCUT2D eigenvalue weighted by molar-refractivity contribution is -0.242. The van der Waals surface area contributed by atoms with E-state index in [0.29, 0.717) is 21.1 Å². The van der Waals surface area contributed by atoms with Gasteiger partial charge in [0, 0.05) is 0 Å². The Morgan fingerprint density at radius 3 is 2.50 bits per heavy atom. The Bertz CT molecular complexity index is 583. The Balaban J connectivity index is 3.11. The highest BCUT2D eigenvalue weighted by Crippen LogP contribution is 2.35. The predicted molar refractivity (Wildman–Crippen MR) is 86.4 cm³/mol. The molecule has 0 fully saturated rings. The van der Waals surface area contributed by atoms with Crippen molar-refractivity contribution in [2.24, 2.45) is 0 Å². The normalized spacial score (nSPS) is 16.0. The summed E-state index contributed by atoms with van der Waals surface area (Å²) in [7, 11) is 0. The average Bonchev–Trinajstić information content (AvgIpc) is 2.41. The predicted octanol–water partition coefficient (Wildman–Crippen LogP) is 3.32. The fraction of sp³-hybridized carbons (Fsp3) is 0.417. The lowest BCUT2D eigenvalue weighted by Crippen LogP contribution is -2.52. The van der Waals surface area contributed by atoms with Crippen LogP contribution in [0.1, 0.15) is 13.8 Å². The molecule has 1 aromatic carbocycles. The lowest BCUT2D eigenvalue weighted by Gasteiger charge is -2.25. The van der Waals surface area contributed by atoms with E-state index in [1.54, 1.807) is 29.5 Å². The van der Waals surface area contributed by atoms with Gasteiger partial charge in [-0.1, -0.05) is 11.6 Å². The minimum Gasteiger partial charge on any atom is -0.611 e. The van der Waals surface area contributed by atoms with E-state index in [9.17, 15) is 27.6 Å². The van der Waals surface area contributed by atoms with Crippen molar-refractivity contribution in [1.82, 2.24) is 0 Å². The summed E-state index contributed by atoms with van der Waals surface area (Å²) in [6, 6.07) is 2.66. The SMILES string of the molecule is CC[S+]([O-])c1ccc(NC(=O)C(C)(O)C(F)(F)F)c(Cl)c1I. The molecule has 0 heterocycles. The number of aliphatic hydroxyl groups is 1. The molecule has 2 atom stereocenters. The largest absolute Gasteiger partial charge is 0.611 e. The highest BCUT2D eigenvalue weighted by atomic mass is 127. The van der Waals surface area contributed by atoms with Gasteiger partial charge in [0.15, 0.2) is 4.90 Å². The van der Waals surface area contributed by atoms with Crippen LogP contribution in [0.15, 0.2) is 17.0 Å². The van der Waals surface area contributed by atoms with Crippen LogP contribution >= 0.6 is 34.2 Å². The number of nitrogens with one attached hydrogen (secondary N) is 1. The minimum absolute atomic E-state index is 0.0359. The van der Waals surface area contributed by atoms with E-state index in [-0.39, 0.29) is 10.7 Å². The molecular formula is C12H12ClF3INO3S. The molecule has 2 N–H and O–H groups in total. The summed E-state index contributed by atoms with van der Waals surface area (Å²) < 4.78 is 49.9. The Morgan fingerprint density at radius 2 is 2.05 bits per heavy atom. The van der Waals surface area contributed by atoms with Crippen molar-refractivity contribution in [3.05, 3.63) is 20.7 Å². The van der Waals surface area contributed by atoms with E-state index in [2.05, 4.69) is 0 Å². The van der Waals surface area contributed by atoms with Crippen LogP contribution in [-0.2, 0) is 16.0 Å². The van der Waals surface area contributed by atoms with E-state index < -0.39 is 28.9 Å². The first-order valence-corrected chi connectivity index (χ1v) is 8.68. The Hall–Kier alpha value is -0.230. The molecule has 2 unspecified atom stereocenters. The fourth-order valence-electron chi connectivity index (χ4n) is 1.33. The van der Waals surface area contributed by atoms with E-state index >= 15 is 0 Å². The number of anilines is 1. The smallest absolute Gasteiger partial charge is 0.426 e. The van der Waals surface area contributed by atoms with Crippen molar-refractivity contribution in [3.8, 4) is 0 Å². The number of alkyl halides is 3. The van der Waals surface area contributed by atoms with Crippen molar-refractivity contribution in [1.29, 1.82) is 0 Å². The summed E-state index contributed by atoms with van der Waals surface area (Å²) in [4.78, 5) is 12.0. The van der Waals surface area contributed by atoms with Crippen LogP contribution in [0, 0.1) is 3.57 Å². The van der Waals surface area contributed by atoms with Crippen LogP contribution in [0.4, 0.5) is 18.9 Å². The lowest BCUT2D eigenvalue weighted by atomic mass is 10.1. The topological polar surface area (TPSA) is 72.4 Å². The van der Waals surface area contributed by atoms with Crippen LogP contribution in [0.2, 0.25) is 5.02 Å². The molecule has 4 nitrogen and oxygen atoms in total. The van der Waals surface area contributed by atoms with Gasteiger partial charge in [0.05, 0.1) is 14.3 Å². The second-order valence-electron chi connectivity index (χ2n) is 4.40. The summed E-state index contributed by atoms with van der Waals surface area (Å²) in [5.74, 6) is -1.30. The van der Waals surface area contributed by atoms with Crippen LogP contribution in [0.25, 0.3) is 0 Å². The molecule has 124 valence electrons. The van der Waals surface area contributed by atoms with Crippen molar-refractivity contribution in [2.75, 3.05) is 11.1 Å². The molecule has 0 saturated heterocycles. The fourth-order valence-corrected chi connectivity index (χ4v) is 3.64. The maximum atomic E-state index is 12.6. The average molecular weight is 470 g/mol. The van der Waals surface area contributed by atoms with Gasteiger partial charge in [-0.15, -0.1) is 0 Å². The Morgan fingerprint density at radius 1 is 1.50 bits per heavy atom. The summed E-state index contributed by atoms with van der Waals surface area (Å²) in [5.41, 5.74) is -3.65. The zero-order chi connectivity index (χ0) is 17.3. The zero-order valence-electron chi connectivity index (χ0n) is 11.4. The van der Waals surface area contributed by atoms with Crippen molar-refractivity contribution < 1.29 is 27.6 Å². The quantitative estimate of drug-likeness (QED) is 0.525. The van der Waals surface area contributed by atoms with Gasteiger partial charge in [-0.25, -0.2) is 0 Å². The molecule has 10 heteroatoms. The molecule has 0 saturated carbocycles. The van der Waals surface area contributed by atoms with Gasteiger partial charge >= 0.3 is 6.18 Å². The monoisotopic (exact) mass is 469 g/mol. The maximum Gasteiger partial charge on any atom is 0.426 e. The maximum absolute atomic E-state index is 12.6. The number of rotatable bonds is 4. The molecule has 0 aromatic heterocycles. The summed E-state index contributed by atoms with van der Waals surface area (Å²) in [6.45, 7) is 2.05. The molecular weight excluding hydrogens is 458 g/mol. The first-order valence-electron chi connectivity index (χ1n) is 5.90. The number of amides is 1. The molecule has 0 spiro atoms. The van der Waals surface area contributed by atoms with E-state index in [4.69, 9.17) is 11.6 Å². The summed E-state index contributed by atoms with van der Waals surface area (Å²) in [5, 5.41) is 11.2. The van der Waals surface area contributed by atoms with Gasteiger partial charge < -0.3 is 15.0 Å². The second-order valence-corrected chi connectivity index (χ2v) is 7.56. The molecule has 0 radical (unpaired) electrons. The van der Waals surface area contributed by atoms with Crippen LogP contribution < -0.4 is 5.32 Å². The zero-order valence-corrected chi connectivity index (χ0v) is 15.2. The molecule has 1 rings (SSSR count). The van der Waals surface area contributed by atoms with E-state index in [0.717, 1.165) is 0 Å². The number of benzene rings is 1. The molecule has 0 aliphatic rings. The number of hydrogen-bond acceptors (Lipinski definition) is 3. The second kappa shape index (κ2) is 7.12. The van der Waals surface area contributed by atoms with Crippen LogP contribution in [-0.4, -0.2) is 33.1 Å². The third-order valence-electron chi connectivity index (χ3n) is 2.80. The highest BCUT2D eigenvalue weighted by molar-refractivity contribution is 14.1. The van der Waals surface area contributed by atoms with Gasteiger partial charge in [-0.2, -0.15) is 13.2 Å². The van der Waals surface area contributed by atoms with Crippen LogP contribution in [0.3, 0.4) is 0 Å². The minimum atomic E-state index is -5.12. The molecule has 0 bridgehead atoms. The molecule has 0 aliphatic heterocycles. The van der Waals surface area contributed by atoms with Gasteiger partial charge in [0.1, 0.15) is 5.75 Å². The van der Waals surface area contributed by atoms with Crippen LogP contribution in [0.5, 0.6) is 0 Å². The van der Waals surface area contributed by atoms with E-state index in [1.165, 1.54) is 12.1 Å². The van der Waals surface area contributed by atoms with Crippen molar-refractivity contribution >= 4 is 57.0 Å². The third kappa shape index (κ3) is 3.99. The number of halogens is 5. The van der Waals surface area contributed by atoms with Gasteiger partial charge in [0.25, 0.3) is 5.91 Å². The summed E-state index contributed by atoms with van der Waals surface area (Å²) >= 11 is 6.48. The third-order valence-corrected chi connectivity index (χ3v) is 6.35. The molecule has 1 amide bonds. The standard InChI is InChI=1S/C12H12ClF3INO3S/c1-3-22(21)7-5-4-6(8(13)9(7)17)18-10(19)11(2,20)12(14,15)16/h4-5,20H,3H2,1-2H3,(H,18,19). The van der Waals surface area contributed by atoms with Gasteiger partial charge in [-0.3, -0.25) is 4.79 Å². The van der Waals surface area contributed by atoms with Gasteiger partial charge in [0.2, 0.25) is 5.60 Å². The number of carbonyl (C=O) groups is 1. The summed E-state index contributed by atoms with van der Waals surface area (Å²) in [6.07, 6.45) is -5.12. The van der Waals surface area contributed by atoms with E-state index in [1.807, 2.05) is 5.32 Å². The first kappa shape index (κ1) is 19.8. The van der Waals surface area contributed by atoms with Crippen molar-refractivity contribution in [3.63, 3.8) is 0 Å². The molecule has 1 aromatic rings. The number of carbonyl (C=O) groups excluding carboxylic acids is 1. The molecule has 0 aliphatic carbocycles. The van der Waals surface area contributed by atoms with Gasteiger partial charge in [-0.05, 0) is 59.7 Å².